The molecule has 0 saturated heterocycles. The molecule has 1 N–H and O–H groups in total. The Balaban J connectivity index is 1.43. The number of fused-ring (bicyclic) bond motifs is 1. The molecule has 0 fully saturated rings. The summed E-state index contributed by atoms with van der Waals surface area (Å²) in [6.07, 6.45) is 13.3. The standard InChI is InChI=1S/C24H24N8O2S/c1-3-16-6-4-7-17(32(16)30-35)9-10-20-21-19(26-14-27-21)11-13-31(20)24(33)23-29-28-22(34-23)18-8-5-12-25-15(18)2/h4-9,12,14,20H,3,10-11,13H2,1-2H3,(H,26,27)/b17-9-/t20-/m0/s1. The molecule has 0 unspecified atom stereocenters. The summed E-state index contributed by atoms with van der Waals surface area (Å²) in [6.45, 7) is 4.40. The number of allylic oxidation sites excluding steroid dienone is 4. The molecule has 0 spiro atoms. The van der Waals surface area contributed by atoms with Gasteiger partial charge >= 0.3 is 11.8 Å². The summed E-state index contributed by atoms with van der Waals surface area (Å²) >= 11 is 5.01. The molecule has 0 aromatic carbocycles. The predicted octanol–water partition coefficient (Wildman–Crippen LogP) is 3.99. The van der Waals surface area contributed by atoms with Crippen LogP contribution < -0.4 is 0 Å². The van der Waals surface area contributed by atoms with Crippen LogP contribution in [0, 0.1) is 6.92 Å². The van der Waals surface area contributed by atoms with Gasteiger partial charge in [0.25, 0.3) is 0 Å². The Morgan fingerprint density at radius 1 is 1.37 bits per heavy atom. The van der Waals surface area contributed by atoms with E-state index in [0.717, 1.165) is 34.9 Å². The normalized spacial score (nSPS) is 18.5. The van der Waals surface area contributed by atoms with Crippen LogP contribution >= 0.6 is 0 Å². The van der Waals surface area contributed by atoms with Gasteiger partial charge in [-0.25, -0.2) is 9.99 Å². The lowest BCUT2D eigenvalue weighted by molar-refractivity contribution is 0.0616. The molecule has 5 rings (SSSR count). The number of rotatable bonds is 6. The van der Waals surface area contributed by atoms with E-state index < -0.39 is 0 Å². The molecule has 0 aliphatic carbocycles. The topological polar surface area (TPSA) is 116 Å². The molecule has 2 aliphatic heterocycles. The van der Waals surface area contributed by atoms with Crippen molar-refractivity contribution in [2.45, 2.75) is 39.2 Å². The van der Waals surface area contributed by atoms with Crippen molar-refractivity contribution in [3.8, 4) is 11.5 Å². The molecule has 0 bridgehead atoms. The summed E-state index contributed by atoms with van der Waals surface area (Å²) in [7, 11) is 0. The fourth-order valence-corrected chi connectivity index (χ4v) is 4.61. The quantitative estimate of drug-likeness (QED) is 0.554. The van der Waals surface area contributed by atoms with E-state index in [9.17, 15) is 4.79 Å². The summed E-state index contributed by atoms with van der Waals surface area (Å²) in [6, 6.07) is 3.32. The Morgan fingerprint density at radius 2 is 2.26 bits per heavy atom. The molecule has 35 heavy (non-hydrogen) atoms. The Hall–Kier alpha value is -3.99. The highest BCUT2D eigenvalue weighted by molar-refractivity contribution is 7.47. The average Bonchev–Trinajstić information content (AvgIpc) is 3.57. The fourth-order valence-electron chi connectivity index (χ4n) is 4.41. The maximum atomic E-state index is 13.5. The van der Waals surface area contributed by atoms with E-state index in [-0.39, 0.29) is 23.7 Å². The molecule has 0 radical (unpaired) electrons. The van der Waals surface area contributed by atoms with Gasteiger partial charge in [0, 0.05) is 36.2 Å². The largest absolute Gasteiger partial charge is 0.412 e. The second-order valence-corrected chi connectivity index (χ2v) is 8.37. The van der Waals surface area contributed by atoms with E-state index in [4.69, 9.17) is 16.8 Å². The van der Waals surface area contributed by atoms with E-state index in [1.807, 2.05) is 37.3 Å². The molecule has 0 saturated carbocycles. The highest BCUT2D eigenvalue weighted by Crippen LogP contribution is 2.33. The molecule has 10 nitrogen and oxygen atoms in total. The van der Waals surface area contributed by atoms with Crippen LogP contribution in [0.3, 0.4) is 0 Å². The van der Waals surface area contributed by atoms with Crippen molar-refractivity contribution >= 4 is 18.3 Å². The third-order valence-electron chi connectivity index (χ3n) is 6.22. The Kier molecular flexibility index (Phi) is 6.32. The summed E-state index contributed by atoms with van der Waals surface area (Å²) < 4.78 is 9.80. The lowest BCUT2D eigenvalue weighted by atomic mass is 9.98. The number of amides is 1. The molecule has 5 heterocycles. The van der Waals surface area contributed by atoms with Crippen LogP contribution in [-0.2, 0) is 18.8 Å². The second kappa shape index (κ2) is 9.71. The number of carbonyl (C=O) groups excluding carboxylic acids is 1. The first-order chi connectivity index (χ1) is 17.1. The second-order valence-electron chi connectivity index (χ2n) is 8.21. The smallest absolute Gasteiger partial charge is 0.312 e. The minimum absolute atomic E-state index is 0.0594. The van der Waals surface area contributed by atoms with Crippen molar-refractivity contribution in [2.24, 2.45) is 4.47 Å². The van der Waals surface area contributed by atoms with Crippen molar-refractivity contribution < 1.29 is 9.21 Å². The van der Waals surface area contributed by atoms with Crippen LogP contribution in [0.5, 0.6) is 0 Å². The first-order valence-electron chi connectivity index (χ1n) is 11.4. The van der Waals surface area contributed by atoms with Crippen molar-refractivity contribution in [3.63, 3.8) is 0 Å². The summed E-state index contributed by atoms with van der Waals surface area (Å²) in [5.74, 6) is -0.125. The Bertz CT molecular complexity index is 1350. The van der Waals surface area contributed by atoms with Gasteiger partial charge in [0.05, 0.1) is 41.7 Å². The zero-order chi connectivity index (χ0) is 24.4. The molecule has 178 valence electrons. The minimum atomic E-state index is -0.333. The first-order valence-corrected chi connectivity index (χ1v) is 11.8. The molecule has 11 heteroatoms. The number of nitrogens with zero attached hydrogens (tertiary/aromatic N) is 7. The SMILES string of the molecule is CCC1=CC=C/C(=C/C[C@H]2c3nc[nH]c3CCN2C(=O)c2nnc(-c3cccnc3C)o2)N1N=S. The number of imidazole rings is 1. The summed E-state index contributed by atoms with van der Waals surface area (Å²) in [4.78, 5) is 27.2. The zero-order valence-corrected chi connectivity index (χ0v) is 20.2. The molecule has 1 atom stereocenters. The highest BCUT2D eigenvalue weighted by atomic mass is 32.1. The van der Waals surface area contributed by atoms with Gasteiger partial charge in [0.1, 0.15) is 0 Å². The van der Waals surface area contributed by atoms with Crippen molar-refractivity contribution in [2.75, 3.05) is 6.54 Å². The third-order valence-corrected chi connectivity index (χ3v) is 6.38. The number of hydrogen-bond acceptors (Lipinski definition) is 8. The number of aromatic amines is 1. The lowest BCUT2D eigenvalue weighted by Crippen LogP contribution is -2.40. The number of carbonyl (C=O) groups is 1. The van der Waals surface area contributed by atoms with Crippen LogP contribution in [0.25, 0.3) is 11.5 Å². The van der Waals surface area contributed by atoms with Gasteiger partial charge in [-0.05, 0) is 44.1 Å². The van der Waals surface area contributed by atoms with Gasteiger partial charge in [-0.1, -0.05) is 23.5 Å². The third kappa shape index (κ3) is 4.30. The molecule has 3 aromatic heterocycles. The van der Waals surface area contributed by atoms with E-state index in [2.05, 4.69) is 36.5 Å². The highest BCUT2D eigenvalue weighted by Gasteiger charge is 2.35. The minimum Gasteiger partial charge on any atom is -0.412 e. The van der Waals surface area contributed by atoms with Crippen LogP contribution in [0.15, 0.2) is 69.2 Å². The maximum Gasteiger partial charge on any atom is 0.312 e. The summed E-state index contributed by atoms with van der Waals surface area (Å²) in [5, 5.41) is 9.89. The number of nitrogens with one attached hydrogen (secondary N) is 1. The monoisotopic (exact) mass is 488 g/mol. The Labute approximate surface area is 207 Å². The van der Waals surface area contributed by atoms with Crippen LogP contribution in [-0.4, -0.2) is 47.5 Å². The van der Waals surface area contributed by atoms with Crippen molar-refractivity contribution in [1.82, 2.24) is 35.1 Å². The van der Waals surface area contributed by atoms with E-state index >= 15 is 0 Å². The number of aromatic nitrogens is 5. The van der Waals surface area contributed by atoms with Gasteiger partial charge < -0.3 is 14.3 Å². The molecular formula is C24H24N8O2S. The zero-order valence-electron chi connectivity index (χ0n) is 19.4. The average molecular weight is 489 g/mol. The van der Waals surface area contributed by atoms with Gasteiger partial charge in [0.2, 0.25) is 5.89 Å². The molecule has 1 amide bonds. The van der Waals surface area contributed by atoms with Crippen molar-refractivity contribution in [3.05, 3.63) is 83.3 Å². The van der Waals surface area contributed by atoms with E-state index in [0.29, 0.717) is 24.9 Å². The maximum absolute atomic E-state index is 13.5. The van der Waals surface area contributed by atoms with Gasteiger partial charge in [0.15, 0.2) is 0 Å². The number of H-pyrrole nitrogens is 1. The summed E-state index contributed by atoms with van der Waals surface area (Å²) in [5.41, 5.74) is 5.17. The number of hydrogen-bond donors (Lipinski definition) is 1. The number of aryl methyl sites for hydroxylation is 1. The molecule has 2 aliphatic rings. The predicted molar refractivity (Wildman–Crippen MR) is 130 cm³/mol. The van der Waals surface area contributed by atoms with Crippen molar-refractivity contribution in [1.29, 1.82) is 0 Å². The Morgan fingerprint density at radius 3 is 3.06 bits per heavy atom. The van der Waals surface area contributed by atoms with E-state index in [1.54, 1.807) is 28.5 Å². The van der Waals surface area contributed by atoms with Gasteiger partial charge in [-0.2, -0.15) is 0 Å². The molecule has 3 aromatic rings. The van der Waals surface area contributed by atoms with E-state index in [1.165, 1.54) is 0 Å². The van der Waals surface area contributed by atoms with Crippen LogP contribution in [0.4, 0.5) is 0 Å². The first kappa shape index (κ1) is 22.8. The number of pyridine rings is 1. The van der Waals surface area contributed by atoms with Gasteiger partial charge in [-0.15, -0.1) is 10.2 Å². The van der Waals surface area contributed by atoms with Crippen LogP contribution in [0.2, 0.25) is 0 Å². The van der Waals surface area contributed by atoms with Crippen LogP contribution in [0.1, 0.15) is 53.6 Å². The van der Waals surface area contributed by atoms with Gasteiger partial charge in [-0.3, -0.25) is 9.78 Å². The molecular weight excluding hydrogens is 464 g/mol. The lowest BCUT2D eigenvalue weighted by Gasteiger charge is -2.34. The fraction of sp³-hybridized carbons (Fsp3) is 0.292.